The number of likely N-dealkylation sites (N-methyl/N-ethyl adjacent to an activating group) is 1. The number of ketones is 1. The van der Waals surface area contributed by atoms with E-state index in [9.17, 15) is 15.0 Å². The lowest BCUT2D eigenvalue weighted by atomic mass is 9.94. The molecule has 2 N–H and O–H groups in total. The Morgan fingerprint density at radius 2 is 2.00 bits per heavy atom. The van der Waals surface area contributed by atoms with E-state index >= 15 is 0 Å². The molecule has 0 radical (unpaired) electrons. The molecule has 0 saturated carbocycles. The van der Waals surface area contributed by atoms with Gasteiger partial charge in [-0.3, -0.25) is 4.79 Å². The number of rotatable bonds is 6. The molecule has 7 heteroatoms. The van der Waals surface area contributed by atoms with Crippen LogP contribution in [0.2, 0.25) is 0 Å². The third-order valence-corrected chi connectivity index (χ3v) is 6.48. The number of carbonyl (C=O) groups is 1. The minimum Gasteiger partial charge on any atom is -0.508 e. The zero-order valence-electron chi connectivity index (χ0n) is 18.1. The molecule has 1 aliphatic heterocycles. The van der Waals surface area contributed by atoms with Gasteiger partial charge in [0, 0.05) is 29.6 Å². The maximum Gasteiger partial charge on any atom is 0.160 e. The molecular weight excluding hydrogens is 400 g/mol. The van der Waals surface area contributed by atoms with E-state index in [1.807, 2.05) is 13.8 Å². The number of allylic oxidation sites excluding steroid dienone is 2. The average molecular weight is 429 g/mol. The lowest BCUT2D eigenvalue weighted by molar-refractivity contribution is -0.113. The van der Waals surface area contributed by atoms with Gasteiger partial charge in [0.1, 0.15) is 22.3 Å². The van der Waals surface area contributed by atoms with Crippen LogP contribution in [0.5, 0.6) is 11.5 Å². The summed E-state index contributed by atoms with van der Waals surface area (Å²) in [7, 11) is 3.54. The van der Waals surface area contributed by atoms with Gasteiger partial charge in [0.2, 0.25) is 0 Å². The maximum absolute atomic E-state index is 12.3. The number of methoxy groups -OCH3 is 1. The Kier molecular flexibility index (Phi) is 6.33. The van der Waals surface area contributed by atoms with Gasteiger partial charge >= 0.3 is 0 Å². The fourth-order valence-corrected chi connectivity index (χ4v) is 4.69. The minimum atomic E-state index is -0.202. The molecule has 1 aromatic heterocycles. The number of carbonyl (C=O) groups excluding carboxylic acids is 1. The van der Waals surface area contributed by atoms with Crippen molar-refractivity contribution in [3.05, 3.63) is 51.0 Å². The summed E-state index contributed by atoms with van der Waals surface area (Å²) in [6, 6.07) is 3.00. The summed E-state index contributed by atoms with van der Waals surface area (Å²) in [5.41, 5.74) is 2.80. The van der Waals surface area contributed by atoms with Crippen molar-refractivity contribution >= 4 is 28.5 Å². The van der Waals surface area contributed by atoms with Gasteiger partial charge in [0.25, 0.3) is 0 Å². The first-order chi connectivity index (χ1) is 14.1. The van der Waals surface area contributed by atoms with Crippen LogP contribution in [-0.4, -0.2) is 46.6 Å². The number of aromatic hydroxyl groups is 2. The third-order valence-electron chi connectivity index (χ3n) is 5.30. The summed E-state index contributed by atoms with van der Waals surface area (Å²) in [4.78, 5) is 20.5. The Morgan fingerprint density at radius 1 is 1.30 bits per heavy atom. The van der Waals surface area contributed by atoms with E-state index < -0.39 is 0 Å². The van der Waals surface area contributed by atoms with Crippen molar-refractivity contribution in [3.8, 4) is 11.5 Å². The number of ether oxygens (including phenoxy) is 1. The zero-order valence-corrected chi connectivity index (χ0v) is 18.9. The lowest BCUT2D eigenvalue weighted by Gasteiger charge is -2.20. The summed E-state index contributed by atoms with van der Waals surface area (Å²) in [5.74, 6) is 0.0240. The van der Waals surface area contributed by atoms with E-state index in [2.05, 4.69) is 18.5 Å². The number of phenols is 2. The van der Waals surface area contributed by atoms with Crippen molar-refractivity contribution in [3.63, 3.8) is 0 Å². The Bertz CT molecular complexity index is 1040. The average Bonchev–Trinajstić information content (AvgIpc) is 3.08. The largest absolute Gasteiger partial charge is 0.508 e. The van der Waals surface area contributed by atoms with E-state index in [-0.39, 0.29) is 28.8 Å². The Morgan fingerprint density at radius 3 is 2.60 bits per heavy atom. The number of thiazole rings is 1. The second-order valence-electron chi connectivity index (χ2n) is 7.90. The van der Waals surface area contributed by atoms with E-state index in [4.69, 9.17) is 9.72 Å². The van der Waals surface area contributed by atoms with E-state index in [1.54, 1.807) is 6.07 Å². The van der Waals surface area contributed by atoms with Gasteiger partial charge in [-0.25, -0.2) is 4.98 Å². The van der Waals surface area contributed by atoms with Crippen LogP contribution >= 0.6 is 11.3 Å². The molecule has 2 heterocycles. The number of aromatic nitrogens is 1. The molecule has 0 spiro atoms. The fraction of sp³-hybridized carbons (Fsp3) is 0.391. The summed E-state index contributed by atoms with van der Waals surface area (Å²) in [5, 5.41) is 21.5. The Labute approximate surface area is 181 Å². The highest BCUT2D eigenvalue weighted by atomic mass is 32.1. The second-order valence-corrected chi connectivity index (χ2v) is 8.99. The highest BCUT2D eigenvalue weighted by Gasteiger charge is 2.27. The first-order valence-corrected chi connectivity index (χ1v) is 10.7. The van der Waals surface area contributed by atoms with Gasteiger partial charge < -0.3 is 19.8 Å². The standard InChI is InChI=1S/C23H28N2O4S/c1-12(2)15-9-16(19(28)10-18(15)27)22(29-6)21(13(3)14(4)26)23-24-17-11-25(5)8-7-20(17)30-23/h9-10,12,27-28H,3,7-8,11H2,1-2,4-6H3/b22-21+. The molecule has 6 nitrogen and oxygen atoms in total. The van der Waals surface area contributed by atoms with Crippen LogP contribution in [0.3, 0.4) is 0 Å². The molecule has 0 fully saturated rings. The molecule has 1 aliphatic rings. The number of Topliss-reactive ketones (excluding diaryl/α,β-unsaturated/α-hetero) is 1. The number of benzene rings is 1. The molecule has 1 aromatic carbocycles. The quantitative estimate of drug-likeness (QED) is 0.405. The van der Waals surface area contributed by atoms with Crippen LogP contribution in [0.1, 0.15) is 53.4 Å². The van der Waals surface area contributed by atoms with Crippen molar-refractivity contribution in [1.82, 2.24) is 9.88 Å². The Hall–Kier alpha value is -2.64. The highest BCUT2D eigenvalue weighted by Crippen LogP contribution is 2.42. The van der Waals surface area contributed by atoms with E-state index in [0.29, 0.717) is 27.5 Å². The Balaban J connectivity index is 2.27. The molecule has 0 bridgehead atoms. The van der Waals surface area contributed by atoms with Crippen LogP contribution in [0, 0.1) is 0 Å². The molecule has 0 aliphatic carbocycles. The van der Waals surface area contributed by atoms with Crippen molar-refractivity contribution in [2.24, 2.45) is 0 Å². The van der Waals surface area contributed by atoms with Gasteiger partial charge in [0.15, 0.2) is 5.78 Å². The molecule has 3 rings (SSSR count). The number of phenolic OH excluding ortho intramolecular Hbond substituents is 2. The number of fused-ring (bicyclic) bond motifs is 1. The van der Waals surface area contributed by atoms with Crippen LogP contribution in [0.25, 0.3) is 11.3 Å². The minimum absolute atomic E-state index is 0.0152. The van der Waals surface area contributed by atoms with Gasteiger partial charge in [-0.2, -0.15) is 0 Å². The normalized spacial score (nSPS) is 15.0. The second kappa shape index (κ2) is 8.62. The molecule has 0 saturated heterocycles. The maximum atomic E-state index is 12.3. The third kappa shape index (κ3) is 4.13. The van der Waals surface area contributed by atoms with Crippen LogP contribution < -0.4 is 0 Å². The smallest absolute Gasteiger partial charge is 0.160 e. The van der Waals surface area contributed by atoms with Crippen molar-refractivity contribution in [2.75, 3.05) is 20.7 Å². The zero-order chi connectivity index (χ0) is 22.2. The van der Waals surface area contributed by atoms with Crippen molar-refractivity contribution in [2.45, 2.75) is 39.7 Å². The van der Waals surface area contributed by atoms with Gasteiger partial charge in [-0.1, -0.05) is 20.4 Å². The number of hydrogen-bond acceptors (Lipinski definition) is 7. The van der Waals surface area contributed by atoms with Crippen LogP contribution in [0.15, 0.2) is 24.3 Å². The van der Waals surface area contributed by atoms with Crippen LogP contribution in [-0.2, 0) is 22.5 Å². The first-order valence-electron chi connectivity index (χ1n) is 9.86. The first kappa shape index (κ1) is 22.1. The summed E-state index contributed by atoms with van der Waals surface area (Å²) in [6.45, 7) is 11.0. The number of nitrogens with zero attached hydrogens (tertiary/aromatic N) is 2. The summed E-state index contributed by atoms with van der Waals surface area (Å²) < 4.78 is 5.71. The predicted molar refractivity (Wildman–Crippen MR) is 120 cm³/mol. The van der Waals surface area contributed by atoms with E-state index in [1.165, 1.54) is 36.3 Å². The molecular formula is C23H28N2O4S. The number of hydrogen-bond donors (Lipinski definition) is 2. The van der Waals surface area contributed by atoms with Gasteiger partial charge in [0.05, 0.1) is 23.9 Å². The molecule has 30 heavy (non-hydrogen) atoms. The topological polar surface area (TPSA) is 82.9 Å². The fourth-order valence-electron chi connectivity index (χ4n) is 3.56. The van der Waals surface area contributed by atoms with Gasteiger partial charge in [-0.15, -0.1) is 11.3 Å². The summed E-state index contributed by atoms with van der Waals surface area (Å²) >= 11 is 1.53. The molecule has 0 amide bonds. The summed E-state index contributed by atoms with van der Waals surface area (Å²) in [6.07, 6.45) is 0.896. The van der Waals surface area contributed by atoms with Gasteiger partial charge in [-0.05, 0) is 37.9 Å². The molecule has 0 unspecified atom stereocenters. The highest BCUT2D eigenvalue weighted by molar-refractivity contribution is 7.13. The molecule has 2 aromatic rings. The monoisotopic (exact) mass is 428 g/mol. The van der Waals surface area contributed by atoms with Crippen molar-refractivity contribution < 1.29 is 19.7 Å². The van der Waals surface area contributed by atoms with Crippen LogP contribution in [0.4, 0.5) is 0 Å². The molecule has 0 atom stereocenters. The molecule has 160 valence electrons. The lowest BCUT2D eigenvalue weighted by Crippen LogP contribution is -2.25. The SMILES string of the molecule is C=C(C(C)=O)/C(=C(\OC)c1cc(C(C)C)c(O)cc1O)c1nc2c(s1)CCN(C)C2. The van der Waals surface area contributed by atoms with E-state index in [0.717, 1.165) is 25.2 Å². The predicted octanol–water partition coefficient (Wildman–Crippen LogP) is 4.33. The van der Waals surface area contributed by atoms with Crippen molar-refractivity contribution in [1.29, 1.82) is 0 Å².